The molecule has 0 spiro atoms. The fourth-order valence-corrected chi connectivity index (χ4v) is 1.22. The number of hydrogen-bond acceptors (Lipinski definition) is 3. The number of terminal acetylenes is 1. The van der Waals surface area contributed by atoms with Crippen LogP contribution in [0.1, 0.15) is 26.1 Å². The molecule has 76 valence electrons. The first kappa shape index (κ1) is 10.7. The van der Waals surface area contributed by atoms with E-state index in [2.05, 4.69) is 35.3 Å². The van der Waals surface area contributed by atoms with Gasteiger partial charge in [-0.15, -0.1) is 16.6 Å². The number of aryl methyl sites for hydroxylation is 1. The molecule has 0 radical (unpaired) electrons. The zero-order chi connectivity index (χ0) is 10.4. The summed E-state index contributed by atoms with van der Waals surface area (Å²) in [4.78, 5) is 0. The Morgan fingerprint density at radius 2 is 2.43 bits per heavy atom. The normalized spacial score (nSPS) is 12.4. The summed E-state index contributed by atoms with van der Waals surface area (Å²) < 4.78 is 2.00. The molecule has 0 saturated heterocycles. The highest BCUT2D eigenvalue weighted by molar-refractivity contribution is 4.99. The monoisotopic (exact) mass is 192 g/mol. The smallest absolute Gasteiger partial charge is 0.146 e. The van der Waals surface area contributed by atoms with Crippen molar-refractivity contribution in [3.8, 4) is 12.3 Å². The van der Waals surface area contributed by atoms with Crippen molar-refractivity contribution >= 4 is 0 Å². The molecular formula is C10H16N4. The third-order valence-corrected chi connectivity index (χ3v) is 2.15. The molecule has 1 aromatic heterocycles. The van der Waals surface area contributed by atoms with E-state index in [0.717, 1.165) is 18.8 Å². The summed E-state index contributed by atoms with van der Waals surface area (Å²) in [6.45, 7) is 5.68. The first-order valence-electron chi connectivity index (χ1n) is 4.88. The van der Waals surface area contributed by atoms with Gasteiger partial charge < -0.3 is 4.57 Å². The fraction of sp³-hybridized carbons (Fsp3) is 0.600. The van der Waals surface area contributed by atoms with Crippen molar-refractivity contribution in [3.63, 3.8) is 0 Å². The van der Waals surface area contributed by atoms with Gasteiger partial charge in [0.25, 0.3) is 0 Å². The number of nitrogens with zero attached hydrogens (tertiary/aromatic N) is 3. The van der Waals surface area contributed by atoms with Gasteiger partial charge in [-0.1, -0.05) is 12.8 Å². The van der Waals surface area contributed by atoms with Gasteiger partial charge in [0.2, 0.25) is 0 Å². The van der Waals surface area contributed by atoms with Gasteiger partial charge in [0.1, 0.15) is 12.2 Å². The number of nitrogens with one attached hydrogen (secondary N) is 1. The van der Waals surface area contributed by atoms with E-state index < -0.39 is 0 Å². The summed E-state index contributed by atoms with van der Waals surface area (Å²) >= 11 is 0. The second-order valence-corrected chi connectivity index (χ2v) is 3.04. The molecule has 0 amide bonds. The van der Waals surface area contributed by atoms with E-state index in [0.29, 0.717) is 6.54 Å². The Morgan fingerprint density at radius 1 is 1.64 bits per heavy atom. The van der Waals surface area contributed by atoms with Crippen LogP contribution in [-0.4, -0.2) is 20.8 Å². The van der Waals surface area contributed by atoms with Crippen molar-refractivity contribution in [1.29, 1.82) is 0 Å². The minimum Gasteiger partial charge on any atom is -0.317 e. The molecule has 0 aromatic carbocycles. The Bertz CT molecular complexity index is 310. The van der Waals surface area contributed by atoms with Crippen molar-refractivity contribution in [2.45, 2.75) is 39.4 Å². The number of hydrogen-bond donors (Lipinski definition) is 1. The lowest BCUT2D eigenvalue weighted by molar-refractivity contribution is 0.555. The quantitative estimate of drug-likeness (QED) is 0.702. The standard InChI is InChI=1S/C10H16N4/c1-4-9(5-2)11-7-10-13-12-8-14(10)6-3/h1,8-9,11H,5-7H2,2-3H3. The molecule has 14 heavy (non-hydrogen) atoms. The van der Waals surface area contributed by atoms with E-state index in [9.17, 15) is 0 Å². The molecule has 4 nitrogen and oxygen atoms in total. The highest BCUT2D eigenvalue weighted by atomic mass is 15.3. The topological polar surface area (TPSA) is 42.7 Å². The summed E-state index contributed by atoms with van der Waals surface area (Å²) in [5, 5.41) is 11.1. The van der Waals surface area contributed by atoms with Crippen LogP contribution in [0.3, 0.4) is 0 Å². The van der Waals surface area contributed by atoms with Crippen molar-refractivity contribution in [3.05, 3.63) is 12.2 Å². The lowest BCUT2D eigenvalue weighted by Crippen LogP contribution is -2.27. The minimum atomic E-state index is 0.122. The molecule has 0 saturated carbocycles. The Morgan fingerprint density at radius 3 is 3.00 bits per heavy atom. The Hall–Kier alpha value is -1.34. The van der Waals surface area contributed by atoms with E-state index in [1.807, 2.05) is 4.57 Å². The lowest BCUT2D eigenvalue weighted by Gasteiger charge is -2.10. The molecule has 0 aliphatic heterocycles. The second kappa shape index (κ2) is 5.40. The van der Waals surface area contributed by atoms with Crippen molar-refractivity contribution in [2.75, 3.05) is 0 Å². The SMILES string of the molecule is C#CC(CC)NCc1nncn1CC. The summed E-state index contributed by atoms with van der Waals surface area (Å²) in [6.07, 6.45) is 8.00. The highest BCUT2D eigenvalue weighted by Gasteiger charge is 2.05. The van der Waals surface area contributed by atoms with E-state index in [-0.39, 0.29) is 6.04 Å². The van der Waals surface area contributed by atoms with E-state index in [4.69, 9.17) is 6.42 Å². The highest BCUT2D eigenvalue weighted by Crippen LogP contribution is 1.96. The first-order chi connectivity index (χ1) is 6.81. The van der Waals surface area contributed by atoms with Crippen LogP contribution in [-0.2, 0) is 13.1 Å². The molecule has 1 aromatic rings. The molecular weight excluding hydrogens is 176 g/mol. The maximum absolute atomic E-state index is 5.34. The first-order valence-corrected chi connectivity index (χ1v) is 4.88. The Labute approximate surface area is 84.7 Å². The van der Waals surface area contributed by atoms with Crippen LogP contribution >= 0.6 is 0 Å². The summed E-state index contributed by atoms with van der Waals surface area (Å²) in [6, 6.07) is 0.122. The Balaban J connectivity index is 2.49. The van der Waals surface area contributed by atoms with E-state index in [1.165, 1.54) is 0 Å². The molecule has 0 aliphatic rings. The van der Waals surface area contributed by atoms with E-state index >= 15 is 0 Å². The Kier molecular flexibility index (Phi) is 4.14. The molecule has 4 heteroatoms. The molecule has 1 N–H and O–H groups in total. The maximum Gasteiger partial charge on any atom is 0.146 e. The summed E-state index contributed by atoms with van der Waals surface area (Å²) in [5.41, 5.74) is 0. The minimum absolute atomic E-state index is 0.122. The van der Waals surface area contributed by atoms with Gasteiger partial charge in [-0.25, -0.2) is 0 Å². The van der Waals surface area contributed by atoms with Crippen LogP contribution in [0, 0.1) is 12.3 Å². The van der Waals surface area contributed by atoms with Crippen LogP contribution in [0.5, 0.6) is 0 Å². The fourth-order valence-electron chi connectivity index (χ4n) is 1.22. The lowest BCUT2D eigenvalue weighted by atomic mass is 10.2. The zero-order valence-corrected chi connectivity index (χ0v) is 8.70. The summed E-state index contributed by atoms with van der Waals surface area (Å²) in [5.74, 6) is 3.61. The second-order valence-electron chi connectivity index (χ2n) is 3.04. The van der Waals surface area contributed by atoms with Gasteiger partial charge in [0.15, 0.2) is 0 Å². The van der Waals surface area contributed by atoms with E-state index in [1.54, 1.807) is 6.33 Å². The van der Waals surface area contributed by atoms with Crippen LogP contribution in [0.15, 0.2) is 6.33 Å². The number of rotatable bonds is 5. The average Bonchev–Trinajstić information content (AvgIpc) is 2.67. The van der Waals surface area contributed by atoms with Gasteiger partial charge >= 0.3 is 0 Å². The molecule has 1 unspecified atom stereocenters. The summed E-state index contributed by atoms with van der Waals surface area (Å²) in [7, 11) is 0. The van der Waals surface area contributed by atoms with Crippen molar-refractivity contribution in [2.24, 2.45) is 0 Å². The molecule has 1 rings (SSSR count). The zero-order valence-electron chi connectivity index (χ0n) is 8.70. The molecule has 1 atom stereocenters. The van der Waals surface area contributed by atoms with Crippen molar-refractivity contribution in [1.82, 2.24) is 20.1 Å². The molecule has 0 fully saturated rings. The predicted octanol–water partition coefficient (Wildman–Crippen LogP) is 0.799. The van der Waals surface area contributed by atoms with Gasteiger partial charge in [0.05, 0.1) is 12.6 Å². The van der Waals surface area contributed by atoms with Crippen LogP contribution < -0.4 is 5.32 Å². The van der Waals surface area contributed by atoms with Gasteiger partial charge in [0, 0.05) is 6.54 Å². The molecule has 1 heterocycles. The average molecular weight is 192 g/mol. The third-order valence-electron chi connectivity index (χ3n) is 2.15. The van der Waals surface area contributed by atoms with Crippen LogP contribution in [0.4, 0.5) is 0 Å². The van der Waals surface area contributed by atoms with Crippen LogP contribution in [0.2, 0.25) is 0 Å². The van der Waals surface area contributed by atoms with Gasteiger partial charge in [-0.2, -0.15) is 0 Å². The molecule has 0 aliphatic carbocycles. The largest absolute Gasteiger partial charge is 0.317 e. The van der Waals surface area contributed by atoms with Gasteiger partial charge in [-0.05, 0) is 13.3 Å². The maximum atomic E-state index is 5.34. The molecule has 0 bridgehead atoms. The third kappa shape index (κ3) is 2.57. The number of aromatic nitrogens is 3. The van der Waals surface area contributed by atoms with Crippen molar-refractivity contribution < 1.29 is 0 Å². The van der Waals surface area contributed by atoms with Crippen LogP contribution in [0.25, 0.3) is 0 Å². The van der Waals surface area contributed by atoms with Gasteiger partial charge in [-0.3, -0.25) is 5.32 Å². The predicted molar refractivity (Wildman–Crippen MR) is 55.4 cm³/mol.